The normalized spacial score (nSPS) is 22.2. The van der Waals surface area contributed by atoms with Crippen molar-refractivity contribution in [2.45, 2.75) is 49.5 Å². The minimum atomic E-state index is -0.104. The number of nitrogens with two attached hydrogens (primary N) is 1. The van der Waals surface area contributed by atoms with Gasteiger partial charge in [-0.05, 0) is 37.7 Å². The number of benzene rings is 1. The monoisotopic (exact) mass is 269 g/mol. The maximum absolute atomic E-state index is 6.25. The molecule has 0 saturated heterocycles. The van der Waals surface area contributed by atoms with E-state index in [1.165, 1.54) is 12.0 Å². The molecule has 2 aliphatic rings. The molecule has 0 aliphatic heterocycles. The fraction of sp³-hybridized carbons (Fsp3) is 0.500. The van der Waals surface area contributed by atoms with Gasteiger partial charge in [-0.25, -0.2) is 0 Å². The van der Waals surface area contributed by atoms with E-state index in [2.05, 4.69) is 34.4 Å². The van der Waals surface area contributed by atoms with Crippen LogP contribution in [0.25, 0.3) is 0 Å². The summed E-state index contributed by atoms with van der Waals surface area (Å²) in [5, 5.41) is 4.23. The molecule has 2 saturated carbocycles. The van der Waals surface area contributed by atoms with Crippen molar-refractivity contribution in [1.29, 1.82) is 0 Å². The predicted molar refractivity (Wildman–Crippen MR) is 75.2 cm³/mol. The van der Waals surface area contributed by atoms with Crippen LogP contribution in [0.1, 0.15) is 49.4 Å². The second-order valence-corrected chi connectivity index (χ2v) is 6.35. The molecule has 4 heteroatoms. The minimum absolute atomic E-state index is 0.00954. The third kappa shape index (κ3) is 1.86. The van der Waals surface area contributed by atoms with Crippen LogP contribution in [0.5, 0.6) is 0 Å². The molecule has 4 nitrogen and oxygen atoms in total. The number of hydrogen-bond acceptors (Lipinski definition) is 4. The van der Waals surface area contributed by atoms with Crippen LogP contribution in [-0.4, -0.2) is 15.7 Å². The summed E-state index contributed by atoms with van der Waals surface area (Å²) in [7, 11) is 0. The first-order valence-corrected chi connectivity index (χ1v) is 7.38. The summed E-state index contributed by atoms with van der Waals surface area (Å²) >= 11 is 0. The second-order valence-electron chi connectivity index (χ2n) is 6.35. The summed E-state index contributed by atoms with van der Waals surface area (Å²) in [5.41, 5.74) is 7.43. The highest BCUT2D eigenvalue weighted by Crippen LogP contribution is 2.52. The van der Waals surface area contributed by atoms with Gasteiger partial charge in [0.1, 0.15) is 0 Å². The Morgan fingerprint density at radius 3 is 2.45 bits per heavy atom. The van der Waals surface area contributed by atoms with Gasteiger partial charge in [-0.15, -0.1) is 0 Å². The Morgan fingerprint density at radius 2 is 1.85 bits per heavy atom. The highest BCUT2D eigenvalue weighted by atomic mass is 16.5. The quantitative estimate of drug-likeness (QED) is 0.926. The van der Waals surface area contributed by atoms with Crippen LogP contribution < -0.4 is 5.73 Å². The molecule has 1 aromatic carbocycles. The van der Waals surface area contributed by atoms with Gasteiger partial charge >= 0.3 is 0 Å². The summed E-state index contributed by atoms with van der Waals surface area (Å²) < 4.78 is 5.44. The van der Waals surface area contributed by atoms with E-state index in [0.717, 1.165) is 31.5 Å². The van der Waals surface area contributed by atoms with Gasteiger partial charge < -0.3 is 10.3 Å². The number of rotatable bonds is 4. The Labute approximate surface area is 118 Å². The van der Waals surface area contributed by atoms with Crippen LogP contribution in [0, 0.1) is 0 Å². The molecular formula is C16H19N3O. The Kier molecular flexibility index (Phi) is 2.51. The first-order valence-electron chi connectivity index (χ1n) is 7.38. The molecule has 104 valence electrons. The van der Waals surface area contributed by atoms with Crippen LogP contribution in [0.4, 0.5) is 0 Å². The molecule has 1 heterocycles. The maximum Gasteiger partial charge on any atom is 0.228 e. The van der Waals surface area contributed by atoms with Gasteiger partial charge in [0.15, 0.2) is 5.82 Å². The molecule has 2 aliphatic carbocycles. The van der Waals surface area contributed by atoms with Crippen molar-refractivity contribution in [2.75, 3.05) is 0 Å². The molecule has 2 N–H and O–H groups in total. The highest BCUT2D eigenvalue weighted by Gasteiger charge is 2.50. The fourth-order valence-corrected chi connectivity index (χ4v) is 3.15. The molecule has 0 spiro atoms. The Balaban J connectivity index is 1.59. The molecule has 2 aromatic rings. The minimum Gasteiger partial charge on any atom is -0.339 e. The third-order valence-electron chi connectivity index (χ3n) is 4.83. The van der Waals surface area contributed by atoms with E-state index in [0.29, 0.717) is 12.3 Å². The van der Waals surface area contributed by atoms with Crippen molar-refractivity contribution in [3.8, 4) is 0 Å². The highest BCUT2D eigenvalue weighted by molar-refractivity contribution is 5.38. The van der Waals surface area contributed by atoms with E-state index >= 15 is 0 Å². The zero-order valence-corrected chi connectivity index (χ0v) is 11.5. The van der Waals surface area contributed by atoms with Crippen molar-refractivity contribution in [3.63, 3.8) is 0 Å². The van der Waals surface area contributed by atoms with Crippen LogP contribution in [0.3, 0.4) is 0 Å². The average molecular weight is 269 g/mol. The van der Waals surface area contributed by atoms with Crippen LogP contribution in [0.2, 0.25) is 0 Å². The summed E-state index contributed by atoms with van der Waals surface area (Å²) in [6, 6.07) is 10.5. The van der Waals surface area contributed by atoms with Gasteiger partial charge in [0.25, 0.3) is 0 Å². The molecular weight excluding hydrogens is 250 g/mol. The number of aromatic nitrogens is 2. The zero-order chi connectivity index (χ0) is 13.6. The number of hydrogen-bond donors (Lipinski definition) is 1. The predicted octanol–water partition coefficient (Wildman–Crippen LogP) is 2.57. The van der Waals surface area contributed by atoms with E-state index in [-0.39, 0.29) is 11.0 Å². The van der Waals surface area contributed by atoms with E-state index in [1.807, 2.05) is 6.07 Å². The Bertz CT molecular complexity index is 612. The topological polar surface area (TPSA) is 64.9 Å². The fourth-order valence-electron chi connectivity index (χ4n) is 3.15. The van der Waals surface area contributed by atoms with Gasteiger partial charge in [-0.1, -0.05) is 35.5 Å². The van der Waals surface area contributed by atoms with E-state index in [9.17, 15) is 0 Å². The maximum atomic E-state index is 6.25. The van der Waals surface area contributed by atoms with Crippen molar-refractivity contribution in [3.05, 3.63) is 47.6 Å². The lowest BCUT2D eigenvalue weighted by Gasteiger charge is -2.36. The van der Waals surface area contributed by atoms with E-state index < -0.39 is 0 Å². The van der Waals surface area contributed by atoms with Crippen molar-refractivity contribution in [1.82, 2.24) is 10.1 Å². The van der Waals surface area contributed by atoms with Crippen LogP contribution in [-0.2, 0) is 11.8 Å². The van der Waals surface area contributed by atoms with Crippen LogP contribution >= 0.6 is 0 Å². The summed E-state index contributed by atoms with van der Waals surface area (Å²) in [6.07, 6.45) is 6.26. The van der Waals surface area contributed by atoms with Gasteiger partial charge in [0.2, 0.25) is 5.89 Å². The molecule has 0 amide bonds. The van der Waals surface area contributed by atoms with Crippen LogP contribution in [0.15, 0.2) is 34.9 Å². The molecule has 0 radical (unpaired) electrons. The molecule has 0 bridgehead atoms. The van der Waals surface area contributed by atoms with Crippen molar-refractivity contribution < 1.29 is 4.52 Å². The van der Waals surface area contributed by atoms with Gasteiger partial charge in [0, 0.05) is 12.0 Å². The second kappa shape index (κ2) is 4.16. The van der Waals surface area contributed by atoms with E-state index in [1.54, 1.807) is 0 Å². The molecule has 2 fully saturated rings. The molecule has 0 unspecified atom stereocenters. The van der Waals surface area contributed by atoms with E-state index in [4.69, 9.17) is 10.3 Å². The largest absolute Gasteiger partial charge is 0.339 e. The average Bonchev–Trinajstić information content (AvgIpc) is 3.13. The molecule has 1 aromatic heterocycles. The standard InChI is InChI=1S/C16H19N3O/c17-15(7-4-8-15)11-13-18-14(19-20-13)16(9-10-16)12-5-2-1-3-6-12/h1-3,5-6H,4,7-11,17H2. The van der Waals surface area contributed by atoms with Gasteiger partial charge in [-0.2, -0.15) is 4.98 Å². The first kappa shape index (κ1) is 12.1. The molecule has 0 atom stereocenters. The molecule has 20 heavy (non-hydrogen) atoms. The van der Waals surface area contributed by atoms with Crippen molar-refractivity contribution in [2.24, 2.45) is 5.73 Å². The van der Waals surface area contributed by atoms with Crippen molar-refractivity contribution >= 4 is 0 Å². The zero-order valence-electron chi connectivity index (χ0n) is 11.5. The number of nitrogens with zero attached hydrogens (tertiary/aromatic N) is 2. The van der Waals surface area contributed by atoms with Gasteiger partial charge in [0.05, 0.1) is 5.41 Å². The van der Waals surface area contributed by atoms with Gasteiger partial charge in [-0.3, -0.25) is 0 Å². The lowest BCUT2D eigenvalue weighted by atomic mass is 9.75. The summed E-state index contributed by atoms with van der Waals surface area (Å²) in [4.78, 5) is 4.63. The lowest BCUT2D eigenvalue weighted by Crippen LogP contribution is -2.48. The lowest BCUT2D eigenvalue weighted by molar-refractivity contribution is 0.221. The smallest absolute Gasteiger partial charge is 0.228 e. The Morgan fingerprint density at radius 1 is 1.10 bits per heavy atom. The summed E-state index contributed by atoms with van der Waals surface area (Å²) in [5.74, 6) is 1.53. The Hall–Kier alpha value is -1.68. The third-order valence-corrected chi connectivity index (χ3v) is 4.83. The summed E-state index contributed by atoms with van der Waals surface area (Å²) in [6.45, 7) is 0. The first-order chi connectivity index (χ1) is 9.70. The SMILES string of the molecule is NC1(Cc2nc(C3(c4ccccc4)CC3)no2)CCC1. The molecule has 4 rings (SSSR count).